The van der Waals surface area contributed by atoms with Crippen molar-refractivity contribution in [1.29, 1.82) is 0 Å². The van der Waals surface area contributed by atoms with Gasteiger partial charge in [0, 0.05) is 49.9 Å². The third kappa shape index (κ3) is 4.16. The van der Waals surface area contributed by atoms with Gasteiger partial charge in [-0.2, -0.15) is 0 Å². The number of aliphatic hydroxyl groups is 1. The van der Waals surface area contributed by atoms with Gasteiger partial charge in [-0.3, -0.25) is 0 Å². The van der Waals surface area contributed by atoms with E-state index in [9.17, 15) is 5.11 Å². The Morgan fingerprint density at radius 3 is 2.47 bits per heavy atom. The molecule has 1 N–H and O–H groups in total. The summed E-state index contributed by atoms with van der Waals surface area (Å²) in [6, 6.07) is 11.9. The van der Waals surface area contributed by atoms with Gasteiger partial charge in [-0.05, 0) is 47.9 Å². The van der Waals surface area contributed by atoms with Crippen LogP contribution in [0.15, 0.2) is 61.2 Å². The van der Waals surface area contributed by atoms with E-state index in [1.54, 1.807) is 6.20 Å². The van der Waals surface area contributed by atoms with Gasteiger partial charge in [0.15, 0.2) is 0 Å². The lowest BCUT2D eigenvalue weighted by molar-refractivity contribution is 0.170. The maximum absolute atomic E-state index is 9.34. The number of nitrogens with zero attached hydrogens (tertiary/aromatic N) is 5. The molecule has 0 aliphatic carbocycles. The molecule has 4 aromatic rings. The molecule has 1 aliphatic rings. The third-order valence-corrected chi connectivity index (χ3v) is 6.03. The number of ether oxygens (including phenoxy) is 1. The number of rotatable bonds is 6. The summed E-state index contributed by atoms with van der Waals surface area (Å²) in [4.78, 5) is 15.8. The number of pyridine rings is 1. The molecule has 0 amide bonds. The summed E-state index contributed by atoms with van der Waals surface area (Å²) in [7, 11) is 0. The topological polar surface area (TPSA) is 76.3 Å². The minimum Gasteiger partial charge on any atom is -0.489 e. The summed E-state index contributed by atoms with van der Waals surface area (Å²) in [6.07, 6.45) is 10.6. The summed E-state index contributed by atoms with van der Waals surface area (Å²) < 4.78 is 8.24. The Hall–Kier alpha value is -3.45. The second-order valence-electron chi connectivity index (χ2n) is 8.14. The van der Waals surface area contributed by atoms with Crippen molar-refractivity contribution in [3.8, 4) is 11.6 Å². The van der Waals surface area contributed by atoms with E-state index in [1.807, 2.05) is 59.6 Å². The monoisotopic (exact) mass is 429 g/mol. The first kappa shape index (κ1) is 20.5. The van der Waals surface area contributed by atoms with Crippen molar-refractivity contribution in [2.45, 2.75) is 38.9 Å². The molecule has 1 aliphatic heterocycles. The number of hydrogen-bond acceptors (Lipinski definition) is 6. The number of aromatic nitrogens is 4. The van der Waals surface area contributed by atoms with Gasteiger partial charge in [-0.15, -0.1) is 0 Å². The molecule has 1 aromatic carbocycles. The summed E-state index contributed by atoms with van der Waals surface area (Å²) in [6.45, 7) is 3.92. The van der Waals surface area contributed by atoms with E-state index >= 15 is 0 Å². The average Bonchev–Trinajstić information content (AvgIpc) is 3.28. The first-order valence-electron chi connectivity index (χ1n) is 11.1. The van der Waals surface area contributed by atoms with Crippen LogP contribution in [-0.4, -0.2) is 43.8 Å². The number of aliphatic hydroxyl groups excluding tert-OH is 1. The molecular formula is C25H27N5O2. The first-order valence-corrected chi connectivity index (χ1v) is 11.1. The third-order valence-electron chi connectivity index (χ3n) is 6.03. The van der Waals surface area contributed by atoms with Gasteiger partial charge in [0.05, 0.1) is 18.3 Å². The summed E-state index contributed by atoms with van der Waals surface area (Å²) in [5.41, 5.74) is 3.12. The molecule has 1 saturated heterocycles. The van der Waals surface area contributed by atoms with Crippen molar-refractivity contribution in [3.05, 3.63) is 72.3 Å². The van der Waals surface area contributed by atoms with E-state index in [4.69, 9.17) is 4.74 Å². The van der Waals surface area contributed by atoms with E-state index in [-0.39, 0.29) is 12.7 Å². The van der Waals surface area contributed by atoms with Gasteiger partial charge in [-0.25, -0.2) is 15.0 Å². The number of aryl methyl sites for hydroxylation is 1. The predicted molar refractivity (Wildman–Crippen MR) is 124 cm³/mol. The van der Waals surface area contributed by atoms with Crippen LogP contribution < -0.4 is 9.64 Å². The number of hydrogen-bond donors (Lipinski definition) is 1. The number of piperidine rings is 1. The molecule has 0 saturated carbocycles. The maximum Gasteiger partial charge on any atom is 0.225 e. The molecule has 0 radical (unpaired) electrons. The van der Waals surface area contributed by atoms with Crippen LogP contribution in [0.25, 0.3) is 16.7 Å². The van der Waals surface area contributed by atoms with Crippen LogP contribution in [0, 0.1) is 0 Å². The lowest BCUT2D eigenvalue weighted by Gasteiger charge is -2.32. The van der Waals surface area contributed by atoms with Crippen LogP contribution in [0.1, 0.15) is 30.9 Å². The fourth-order valence-corrected chi connectivity index (χ4v) is 4.13. The summed E-state index contributed by atoms with van der Waals surface area (Å²) >= 11 is 0. The molecule has 3 aromatic heterocycles. The highest BCUT2D eigenvalue weighted by Crippen LogP contribution is 2.24. The van der Waals surface area contributed by atoms with E-state index in [2.05, 4.69) is 26.8 Å². The van der Waals surface area contributed by atoms with Crippen molar-refractivity contribution in [2.24, 2.45) is 0 Å². The van der Waals surface area contributed by atoms with Crippen molar-refractivity contribution in [3.63, 3.8) is 0 Å². The quantitative estimate of drug-likeness (QED) is 0.501. The van der Waals surface area contributed by atoms with E-state index < -0.39 is 0 Å². The molecule has 4 heterocycles. The van der Waals surface area contributed by atoms with Crippen molar-refractivity contribution < 1.29 is 9.84 Å². The van der Waals surface area contributed by atoms with Crippen LogP contribution in [0.5, 0.6) is 5.75 Å². The maximum atomic E-state index is 9.34. The average molecular weight is 430 g/mol. The fourth-order valence-electron chi connectivity index (χ4n) is 4.13. The molecule has 0 unspecified atom stereocenters. The standard InChI is InChI=1S/C25H27N5O2/c1-2-18-14-27-25(28-15-18)29-10-8-21(9-11-29)32-22-4-6-24(26-16-22)30-12-7-20-13-19(17-31)3-5-23(20)30/h3-7,12-16,21,31H,2,8-11,17H2,1H3. The van der Waals surface area contributed by atoms with Crippen molar-refractivity contribution in [2.75, 3.05) is 18.0 Å². The number of benzene rings is 1. The van der Waals surface area contributed by atoms with Crippen LogP contribution in [0.3, 0.4) is 0 Å². The van der Waals surface area contributed by atoms with Gasteiger partial charge < -0.3 is 19.3 Å². The minimum absolute atomic E-state index is 0.0441. The molecule has 0 atom stereocenters. The van der Waals surface area contributed by atoms with E-state index in [0.29, 0.717) is 0 Å². The van der Waals surface area contributed by atoms with E-state index in [1.165, 1.54) is 0 Å². The Labute approximate surface area is 187 Å². The van der Waals surface area contributed by atoms with Gasteiger partial charge in [0.2, 0.25) is 5.95 Å². The highest BCUT2D eigenvalue weighted by Gasteiger charge is 2.22. The lowest BCUT2D eigenvalue weighted by Crippen LogP contribution is -2.39. The smallest absolute Gasteiger partial charge is 0.225 e. The van der Waals surface area contributed by atoms with Crippen molar-refractivity contribution in [1.82, 2.24) is 19.5 Å². The Bertz CT molecular complexity index is 1180. The fraction of sp³-hybridized carbons (Fsp3) is 0.320. The predicted octanol–water partition coefficient (Wildman–Crippen LogP) is 3.92. The second kappa shape index (κ2) is 8.96. The lowest BCUT2D eigenvalue weighted by atomic mass is 10.1. The van der Waals surface area contributed by atoms with Crippen LogP contribution in [0.4, 0.5) is 5.95 Å². The molecule has 7 nitrogen and oxygen atoms in total. The SMILES string of the molecule is CCc1cnc(N2CCC(Oc3ccc(-n4ccc5cc(CO)ccc54)nc3)CC2)nc1. The van der Waals surface area contributed by atoms with Gasteiger partial charge in [-0.1, -0.05) is 13.0 Å². The Morgan fingerprint density at radius 2 is 1.78 bits per heavy atom. The zero-order valence-corrected chi connectivity index (χ0v) is 18.2. The van der Waals surface area contributed by atoms with Gasteiger partial charge >= 0.3 is 0 Å². The second-order valence-corrected chi connectivity index (χ2v) is 8.14. The zero-order valence-electron chi connectivity index (χ0n) is 18.2. The molecule has 1 fully saturated rings. The number of anilines is 1. The van der Waals surface area contributed by atoms with Crippen LogP contribution >= 0.6 is 0 Å². The van der Waals surface area contributed by atoms with Crippen LogP contribution in [-0.2, 0) is 13.0 Å². The summed E-state index contributed by atoms with van der Waals surface area (Å²) in [5.74, 6) is 2.43. The molecule has 164 valence electrons. The normalized spacial score (nSPS) is 14.8. The highest BCUT2D eigenvalue weighted by molar-refractivity contribution is 5.82. The number of fused-ring (bicyclic) bond motifs is 1. The van der Waals surface area contributed by atoms with Crippen molar-refractivity contribution >= 4 is 16.9 Å². The molecule has 7 heteroatoms. The zero-order chi connectivity index (χ0) is 21.9. The minimum atomic E-state index is 0.0441. The molecule has 0 spiro atoms. The molecule has 0 bridgehead atoms. The summed E-state index contributed by atoms with van der Waals surface area (Å²) in [5, 5.41) is 10.4. The Kier molecular flexibility index (Phi) is 5.73. The largest absolute Gasteiger partial charge is 0.489 e. The van der Waals surface area contributed by atoms with Gasteiger partial charge in [0.1, 0.15) is 17.7 Å². The molecule has 5 rings (SSSR count). The molecular weight excluding hydrogens is 402 g/mol. The highest BCUT2D eigenvalue weighted by atomic mass is 16.5. The van der Waals surface area contributed by atoms with Crippen LogP contribution in [0.2, 0.25) is 0 Å². The Balaban J connectivity index is 1.21. The molecule has 32 heavy (non-hydrogen) atoms. The Morgan fingerprint density at radius 1 is 0.969 bits per heavy atom. The van der Waals surface area contributed by atoms with Gasteiger partial charge in [0.25, 0.3) is 0 Å². The first-order chi connectivity index (χ1) is 15.7. The van der Waals surface area contributed by atoms with E-state index in [0.717, 1.165) is 71.9 Å².